The number of imide groups is 1. The van der Waals surface area contributed by atoms with Crippen LogP contribution in [0.1, 0.15) is 26.5 Å². The van der Waals surface area contributed by atoms with Crippen LogP contribution in [0.2, 0.25) is 0 Å². The highest BCUT2D eigenvalue weighted by Gasteiger charge is 2.16. The molecule has 1 heterocycles. The number of fused-ring (bicyclic) bond motifs is 1. The zero-order valence-corrected chi connectivity index (χ0v) is 14.5. The molecule has 0 saturated carbocycles. The van der Waals surface area contributed by atoms with E-state index in [9.17, 15) is 9.59 Å². The molecule has 1 aromatic heterocycles. The molecule has 7 heteroatoms. The number of nitrogens with one attached hydrogen (secondary N) is 2. The molecule has 0 fully saturated rings. The zero-order chi connectivity index (χ0) is 17.0. The van der Waals surface area contributed by atoms with Crippen LogP contribution in [0, 0.1) is 6.92 Å². The Bertz CT molecular complexity index is 740. The fraction of sp³-hybridized carbons (Fsp3) is 0.375. The second kappa shape index (κ2) is 6.95. The standard InChI is InChI=1S/C16H20N4O2S/c1-10-14(18-12-8-6-5-7-11(12)17-10)23-9-13(21)19-15(22)20-16(2,3)4/h5-8H,9H2,1-4H3,(H2,19,20,21,22). The number of rotatable bonds is 3. The number of hydrogen-bond donors (Lipinski definition) is 2. The molecule has 0 unspecified atom stereocenters. The molecular weight excluding hydrogens is 312 g/mol. The van der Waals surface area contributed by atoms with Crippen molar-refractivity contribution >= 4 is 34.7 Å². The number of amides is 3. The third-order valence-corrected chi connectivity index (χ3v) is 3.85. The van der Waals surface area contributed by atoms with Crippen molar-refractivity contribution in [1.29, 1.82) is 0 Å². The first-order chi connectivity index (χ1) is 10.7. The summed E-state index contributed by atoms with van der Waals surface area (Å²) in [5.41, 5.74) is 1.98. The van der Waals surface area contributed by atoms with Crippen LogP contribution in [0.25, 0.3) is 11.0 Å². The summed E-state index contributed by atoms with van der Waals surface area (Å²) in [6, 6.07) is 7.08. The van der Waals surface area contributed by atoms with E-state index in [2.05, 4.69) is 20.6 Å². The van der Waals surface area contributed by atoms with Crippen molar-refractivity contribution in [3.63, 3.8) is 0 Å². The Balaban J connectivity index is 1.96. The molecule has 3 amide bonds. The van der Waals surface area contributed by atoms with E-state index in [4.69, 9.17) is 0 Å². The van der Waals surface area contributed by atoms with Gasteiger partial charge in [-0.25, -0.2) is 14.8 Å². The fourth-order valence-electron chi connectivity index (χ4n) is 1.88. The molecule has 23 heavy (non-hydrogen) atoms. The van der Waals surface area contributed by atoms with Crippen LogP contribution in [-0.2, 0) is 4.79 Å². The lowest BCUT2D eigenvalue weighted by atomic mass is 10.1. The quantitative estimate of drug-likeness (QED) is 0.844. The summed E-state index contributed by atoms with van der Waals surface area (Å²) < 4.78 is 0. The van der Waals surface area contributed by atoms with Gasteiger partial charge in [-0.1, -0.05) is 23.9 Å². The highest BCUT2D eigenvalue weighted by Crippen LogP contribution is 2.21. The van der Waals surface area contributed by atoms with Crippen LogP contribution in [0.15, 0.2) is 29.3 Å². The van der Waals surface area contributed by atoms with E-state index in [0.29, 0.717) is 5.03 Å². The number of urea groups is 1. The summed E-state index contributed by atoms with van der Waals surface area (Å²) >= 11 is 1.26. The van der Waals surface area contributed by atoms with Crippen molar-refractivity contribution in [2.75, 3.05) is 5.75 Å². The maximum atomic E-state index is 11.8. The number of carbonyl (C=O) groups is 2. The second-order valence-corrected chi connectivity index (χ2v) is 7.11. The van der Waals surface area contributed by atoms with Crippen LogP contribution in [-0.4, -0.2) is 33.2 Å². The normalized spacial score (nSPS) is 11.3. The molecule has 6 nitrogen and oxygen atoms in total. The van der Waals surface area contributed by atoms with Gasteiger partial charge in [0.15, 0.2) is 0 Å². The summed E-state index contributed by atoms with van der Waals surface area (Å²) in [5.74, 6) is -0.267. The lowest BCUT2D eigenvalue weighted by Crippen LogP contribution is -2.48. The first kappa shape index (κ1) is 17.2. The number of aromatic nitrogens is 2. The maximum Gasteiger partial charge on any atom is 0.321 e. The van der Waals surface area contributed by atoms with Crippen molar-refractivity contribution in [3.05, 3.63) is 30.0 Å². The molecule has 0 aliphatic rings. The number of para-hydroxylation sites is 2. The number of carbonyl (C=O) groups excluding carboxylic acids is 2. The summed E-state index contributed by atoms with van der Waals surface area (Å²) in [7, 11) is 0. The molecule has 0 saturated heterocycles. The van der Waals surface area contributed by atoms with Gasteiger partial charge in [0.1, 0.15) is 5.03 Å². The molecule has 0 atom stereocenters. The van der Waals surface area contributed by atoms with E-state index >= 15 is 0 Å². The minimum absolute atomic E-state index is 0.103. The van der Waals surface area contributed by atoms with Gasteiger partial charge < -0.3 is 5.32 Å². The van der Waals surface area contributed by atoms with E-state index in [1.54, 1.807) is 0 Å². The molecule has 2 aromatic rings. The maximum absolute atomic E-state index is 11.8. The SMILES string of the molecule is Cc1nc2ccccc2nc1SCC(=O)NC(=O)NC(C)(C)C. The molecule has 0 spiro atoms. The number of nitrogens with zero attached hydrogens (tertiary/aromatic N) is 2. The third kappa shape index (κ3) is 5.21. The number of aryl methyl sites for hydroxylation is 1. The summed E-state index contributed by atoms with van der Waals surface area (Å²) in [4.78, 5) is 32.5. The average molecular weight is 332 g/mol. The minimum atomic E-state index is -0.496. The molecular formula is C16H20N4O2S. The number of benzene rings is 1. The lowest BCUT2D eigenvalue weighted by Gasteiger charge is -2.20. The largest absolute Gasteiger partial charge is 0.333 e. The van der Waals surface area contributed by atoms with Crippen LogP contribution in [0.4, 0.5) is 4.79 Å². The number of hydrogen-bond acceptors (Lipinski definition) is 5. The lowest BCUT2D eigenvalue weighted by molar-refractivity contribution is -0.117. The summed E-state index contributed by atoms with van der Waals surface area (Å²) in [6.45, 7) is 7.39. The Kier molecular flexibility index (Phi) is 5.20. The Morgan fingerprint density at radius 1 is 1.13 bits per heavy atom. The summed E-state index contributed by atoms with van der Waals surface area (Å²) in [5, 5.41) is 5.67. The molecule has 1 aromatic carbocycles. The second-order valence-electron chi connectivity index (χ2n) is 6.14. The minimum Gasteiger partial charge on any atom is -0.333 e. The van der Waals surface area contributed by atoms with E-state index < -0.39 is 11.6 Å². The molecule has 0 aliphatic carbocycles. The third-order valence-electron chi connectivity index (χ3n) is 2.78. The van der Waals surface area contributed by atoms with Crippen LogP contribution in [0.3, 0.4) is 0 Å². The van der Waals surface area contributed by atoms with Crippen LogP contribution in [0.5, 0.6) is 0 Å². The average Bonchev–Trinajstić information content (AvgIpc) is 2.42. The predicted molar refractivity (Wildman–Crippen MR) is 91.4 cm³/mol. The van der Waals surface area contributed by atoms with Gasteiger partial charge in [0.2, 0.25) is 5.91 Å². The van der Waals surface area contributed by atoms with Gasteiger partial charge in [0.25, 0.3) is 0 Å². The van der Waals surface area contributed by atoms with Crippen molar-refractivity contribution in [1.82, 2.24) is 20.6 Å². The Morgan fingerprint density at radius 3 is 2.35 bits per heavy atom. The van der Waals surface area contributed by atoms with Gasteiger partial charge >= 0.3 is 6.03 Å². The topological polar surface area (TPSA) is 84.0 Å². The molecule has 2 rings (SSSR count). The highest BCUT2D eigenvalue weighted by molar-refractivity contribution is 7.99. The van der Waals surface area contributed by atoms with E-state index in [-0.39, 0.29) is 11.7 Å². The monoisotopic (exact) mass is 332 g/mol. The van der Waals surface area contributed by atoms with Crippen molar-refractivity contribution in [3.8, 4) is 0 Å². The van der Waals surface area contributed by atoms with Gasteiger partial charge in [-0.3, -0.25) is 10.1 Å². The van der Waals surface area contributed by atoms with Gasteiger partial charge in [0, 0.05) is 5.54 Å². The van der Waals surface area contributed by atoms with Crippen molar-refractivity contribution in [2.45, 2.75) is 38.3 Å². The molecule has 0 aliphatic heterocycles. The van der Waals surface area contributed by atoms with Crippen LogP contribution >= 0.6 is 11.8 Å². The highest BCUT2D eigenvalue weighted by atomic mass is 32.2. The smallest absolute Gasteiger partial charge is 0.321 e. The number of thioether (sulfide) groups is 1. The first-order valence-corrected chi connectivity index (χ1v) is 8.21. The van der Waals surface area contributed by atoms with Gasteiger partial charge in [-0.05, 0) is 39.8 Å². The molecule has 0 bridgehead atoms. The van der Waals surface area contributed by atoms with Gasteiger partial charge in [0.05, 0.1) is 22.5 Å². The Labute approximate surface area is 139 Å². The van der Waals surface area contributed by atoms with E-state index in [0.717, 1.165) is 16.7 Å². The van der Waals surface area contributed by atoms with Crippen LogP contribution < -0.4 is 10.6 Å². The zero-order valence-electron chi connectivity index (χ0n) is 13.6. The fourth-order valence-corrected chi connectivity index (χ4v) is 2.63. The predicted octanol–water partition coefficient (Wildman–Crippen LogP) is 2.65. The Morgan fingerprint density at radius 2 is 1.74 bits per heavy atom. The first-order valence-electron chi connectivity index (χ1n) is 7.23. The molecule has 2 N–H and O–H groups in total. The van der Waals surface area contributed by atoms with Crippen molar-refractivity contribution in [2.24, 2.45) is 0 Å². The van der Waals surface area contributed by atoms with E-state index in [1.807, 2.05) is 52.0 Å². The van der Waals surface area contributed by atoms with Gasteiger partial charge in [-0.15, -0.1) is 0 Å². The summed E-state index contributed by atoms with van der Waals surface area (Å²) in [6.07, 6.45) is 0. The van der Waals surface area contributed by atoms with Gasteiger partial charge in [-0.2, -0.15) is 0 Å². The van der Waals surface area contributed by atoms with Crippen molar-refractivity contribution < 1.29 is 9.59 Å². The van der Waals surface area contributed by atoms with E-state index in [1.165, 1.54) is 11.8 Å². The Hall–Kier alpha value is -2.15. The molecule has 0 radical (unpaired) electrons. The molecule has 122 valence electrons.